The third kappa shape index (κ3) is 4.61. The molecule has 1 atom stereocenters. The second-order valence-corrected chi connectivity index (χ2v) is 7.68. The van der Waals surface area contributed by atoms with Crippen LogP contribution >= 0.6 is 0 Å². The summed E-state index contributed by atoms with van der Waals surface area (Å²) in [4.78, 5) is 12.3. The number of nitrogens with zero attached hydrogens (tertiary/aromatic N) is 2. The van der Waals surface area contributed by atoms with Gasteiger partial charge >= 0.3 is 6.18 Å². The minimum absolute atomic E-state index is 0.0580. The van der Waals surface area contributed by atoms with Gasteiger partial charge in [0.1, 0.15) is 5.75 Å². The standard InChI is InChI=1S/C19H25F3N2O3/c1-5-6-14-11-18(26,19(20,21)22)24(23-14)16(25)12-27-15-9-7-13(8-10-15)17(2,3)4/h7-10,26H,5-6,11-12H2,1-4H3/t18-/m0/s1. The maximum absolute atomic E-state index is 13.3. The molecule has 0 saturated carbocycles. The summed E-state index contributed by atoms with van der Waals surface area (Å²) in [6.07, 6.45) is -4.92. The Kier molecular flexibility index (Phi) is 5.89. The van der Waals surface area contributed by atoms with Crippen LogP contribution in [0.25, 0.3) is 0 Å². The lowest BCUT2D eigenvalue weighted by atomic mass is 9.87. The Morgan fingerprint density at radius 1 is 1.26 bits per heavy atom. The molecule has 0 bridgehead atoms. The van der Waals surface area contributed by atoms with Crippen LogP contribution < -0.4 is 4.74 Å². The van der Waals surface area contributed by atoms with Crippen LogP contribution in [-0.4, -0.2) is 40.2 Å². The van der Waals surface area contributed by atoms with Crippen LogP contribution in [0.15, 0.2) is 29.4 Å². The summed E-state index contributed by atoms with van der Waals surface area (Å²) in [6.45, 7) is 7.26. The number of carbonyl (C=O) groups excluding carboxylic acids is 1. The molecule has 1 aromatic rings. The molecule has 1 heterocycles. The van der Waals surface area contributed by atoms with Crippen molar-refractivity contribution in [3.8, 4) is 5.75 Å². The van der Waals surface area contributed by atoms with Gasteiger partial charge in [0, 0.05) is 12.1 Å². The smallest absolute Gasteiger partial charge is 0.438 e. The molecule has 2 rings (SSSR count). The van der Waals surface area contributed by atoms with Crippen molar-refractivity contribution < 1.29 is 27.8 Å². The molecule has 27 heavy (non-hydrogen) atoms. The lowest BCUT2D eigenvalue weighted by Crippen LogP contribution is -2.57. The highest BCUT2D eigenvalue weighted by Crippen LogP contribution is 2.40. The number of hydrogen-bond acceptors (Lipinski definition) is 4. The van der Waals surface area contributed by atoms with Crippen molar-refractivity contribution in [3.63, 3.8) is 0 Å². The van der Waals surface area contributed by atoms with Crippen LogP contribution in [0.4, 0.5) is 13.2 Å². The number of benzene rings is 1. The Balaban J connectivity index is 2.11. The number of carbonyl (C=O) groups is 1. The van der Waals surface area contributed by atoms with Crippen LogP contribution in [0.3, 0.4) is 0 Å². The number of alkyl halides is 3. The van der Waals surface area contributed by atoms with Crippen LogP contribution in [0.2, 0.25) is 0 Å². The predicted molar refractivity (Wildman–Crippen MR) is 95.4 cm³/mol. The van der Waals surface area contributed by atoms with Gasteiger partial charge in [-0.05, 0) is 29.5 Å². The molecule has 0 saturated heterocycles. The first-order valence-electron chi connectivity index (χ1n) is 8.80. The molecule has 5 nitrogen and oxygen atoms in total. The van der Waals surface area contributed by atoms with Crippen molar-refractivity contribution in [1.82, 2.24) is 5.01 Å². The molecule has 1 aliphatic heterocycles. The minimum atomic E-state index is -5.02. The van der Waals surface area contributed by atoms with Crippen molar-refractivity contribution >= 4 is 11.6 Å². The molecule has 0 aliphatic carbocycles. The first-order chi connectivity index (χ1) is 12.4. The summed E-state index contributed by atoms with van der Waals surface area (Å²) >= 11 is 0. The summed E-state index contributed by atoms with van der Waals surface area (Å²) in [7, 11) is 0. The first kappa shape index (κ1) is 21.2. The van der Waals surface area contributed by atoms with Crippen molar-refractivity contribution in [3.05, 3.63) is 29.8 Å². The van der Waals surface area contributed by atoms with Crippen LogP contribution in [0.1, 0.15) is 52.5 Å². The summed E-state index contributed by atoms with van der Waals surface area (Å²) in [5.41, 5.74) is -2.19. The van der Waals surface area contributed by atoms with Crippen molar-refractivity contribution in [2.75, 3.05) is 6.61 Å². The third-order valence-corrected chi connectivity index (χ3v) is 4.35. The predicted octanol–water partition coefficient (Wildman–Crippen LogP) is 4.00. The van der Waals surface area contributed by atoms with Gasteiger partial charge in [-0.2, -0.15) is 23.3 Å². The maximum Gasteiger partial charge on any atom is 0.438 e. The van der Waals surface area contributed by atoms with E-state index in [2.05, 4.69) is 5.10 Å². The van der Waals surface area contributed by atoms with E-state index in [1.54, 1.807) is 19.1 Å². The Bertz CT molecular complexity index is 708. The Morgan fingerprint density at radius 2 is 1.85 bits per heavy atom. The topological polar surface area (TPSA) is 62.1 Å². The summed E-state index contributed by atoms with van der Waals surface area (Å²) in [5.74, 6) is -0.704. The van der Waals surface area contributed by atoms with E-state index in [0.717, 1.165) is 5.56 Å². The molecular formula is C19H25F3N2O3. The number of hydrazone groups is 1. The average Bonchev–Trinajstić information content (AvgIpc) is 2.90. The highest BCUT2D eigenvalue weighted by atomic mass is 19.4. The molecular weight excluding hydrogens is 361 g/mol. The summed E-state index contributed by atoms with van der Waals surface area (Å²) < 4.78 is 45.3. The normalized spacial score (nSPS) is 20.6. The molecule has 8 heteroatoms. The monoisotopic (exact) mass is 386 g/mol. The minimum Gasteiger partial charge on any atom is -0.484 e. The zero-order valence-corrected chi connectivity index (χ0v) is 15.9. The lowest BCUT2D eigenvalue weighted by molar-refractivity contribution is -0.302. The number of rotatable bonds is 5. The fourth-order valence-electron chi connectivity index (χ4n) is 2.79. The van der Waals surface area contributed by atoms with Crippen molar-refractivity contribution in [2.24, 2.45) is 5.10 Å². The second kappa shape index (κ2) is 7.50. The molecule has 1 aliphatic rings. The van der Waals surface area contributed by atoms with E-state index in [4.69, 9.17) is 4.74 Å². The van der Waals surface area contributed by atoms with Gasteiger partial charge in [0.2, 0.25) is 0 Å². The number of halogens is 3. The summed E-state index contributed by atoms with van der Waals surface area (Å²) in [5, 5.41) is 13.9. The van der Waals surface area contributed by atoms with Gasteiger partial charge in [0.05, 0.1) is 0 Å². The average molecular weight is 386 g/mol. The molecule has 0 fully saturated rings. The summed E-state index contributed by atoms with van der Waals surface area (Å²) in [6, 6.07) is 6.97. The third-order valence-electron chi connectivity index (χ3n) is 4.35. The molecule has 0 spiro atoms. The van der Waals surface area contributed by atoms with Gasteiger partial charge in [0.15, 0.2) is 6.61 Å². The highest BCUT2D eigenvalue weighted by molar-refractivity contribution is 5.91. The zero-order chi connectivity index (χ0) is 20.5. The van der Waals surface area contributed by atoms with Gasteiger partial charge in [-0.1, -0.05) is 46.2 Å². The quantitative estimate of drug-likeness (QED) is 0.832. The molecule has 1 amide bonds. The molecule has 0 radical (unpaired) electrons. The van der Waals surface area contributed by atoms with Gasteiger partial charge in [0.25, 0.3) is 11.6 Å². The van der Waals surface area contributed by atoms with E-state index >= 15 is 0 Å². The number of ether oxygens (including phenoxy) is 1. The lowest BCUT2D eigenvalue weighted by Gasteiger charge is -2.32. The highest BCUT2D eigenvalue weighted by Gasteiger charge is 2.63. The SMILES string of the molecule is CCCC1=NN(C(=O)COc2ccc(C(C)(C)C)cc2)[C@@](O)(C(F)(F)F)C1. The van der Waals surface area contributed by atoms with E-state index in [-0.39, 0.29) is 22.6 Å². The van der Waals surface area contributed by atoms with E-state index < -0.39 is 30.8 Å². The number of amides is 1. The van der Waals surface area contributed by atoms with Crippen molar-refractivity contribution in [1.29, 1.82) is 0 Å². The van der Waals surface area contributed by atoms with Gasteiger partial charge in [-0.15, -0.1) is 0 Å². The van der Waals surface area contributed by atoms with Gasteiger partial charge in [-0.25, -0.2) is 0 Å². The van der Waals surface area contributed by atoms with Gasteiger partial charge < -0.3 is 9.84 Å². The van der Waals surface area contributed by atoms with Crippen LogP contribution in [-0.2, 0) is 10.2 Å². The number of hydrogen-bond donors (Lipinski definition) is 1. The molecule has 150 valence electrons. The van der Waals surface area contributed by atoms with E-state index in [1.165, 1.54) is 0 Å². The molecule has 0 unspecified atom stereocenters. The fraction of sp³-hybridized carbons (Fsp3) is 0.579. The van der Waals surface area contributed by atoms with E-state index in [9.17, 15) is 23.1 Å². The van der Waals surface area contributed by atoms with Crippen LogP contribution in [0, 0.1) is 0 Å². The zero-order valence-electron chi connectivity index (χ0n) is 15.9. The molecule has 1 aromatic carbocycles. The maximum atomic E-state index is 13.3. The molecule has 0 aromatic heterocycles. The van der Waals surface area contributed by atoms with Crippen molar-refractivity contribution in [2.45, 2.75) is 64.3 Å². The van der Waals surface area contributed by atoms with Crippen LogP contribution in [0.5, 0.6) is 5.75 Å². The Morgan fingerprint density at radius 3 is 2.33 bits per heavy atom. The second-order valence-electron chi connectivity index (χ2n) is 7.68. The fourth-order valence-corrected chi connectivity index (χ4v) is 2.79. The Hall–Kier alpha value is -2.09. The van der Waals surface area contributed by atoms with E-state index in [1.807, 2.05) is 32.9 Å². The van der Waals surface area contributed by atoms with Gasteiger partial charge in [-0.3, -0.25) is 4.79 Å². The number of aliphatic hydroxyl groups is 1. The first-order valence-corrected chi connectivity index (χ1v) is 8.80. The molecule has 1 N–H and O–H groups in total. The largest absolute Gasteiger partial charge is 0.484 e. The van der Waals surface area contributed by atoms with E-state index in [0.29, 0.717) is 12.2 Å². The Labute approximate surface area is 156 Å².